The largest absolute Gasteiger partial charge is 0.426 e. The van der Waals surface area contributed by atoms with Crippen LogP contribution in [0.15, 0.2) is 18.2 Å². The van der Waals surface area contributed by atoms with Crippen LogP contribution in [-0.4, -0.2) is 24.0 Å². The molecule has 0 radical (unpaired) electrons. The van der Waals surface area contributed by atoms with Crippen molar-refractivity contribution in [3.63, 3.8) is 0 Å². The molecule has 0 aliphatic heterocycles. The second-order valence-electron chi connectivity index (χ2n) is 5.06. The quantitative estimate of drug-likeness (QED) is 0.465. The van der Waals surface area contributed by atoms with Gasteiger partial charge in [-0.3, -0.25) is 14.4 Å². The lowest BCUT2D eigenvalue weighted by Gasteiger charge is -2.12. The minimum atomic E-state index is -0.966. The monoisotopic (exact) mass is 344 g/mol. The number of Topliss-reactive ketones (excluding diaryl/α,β-unsaturated/α-hetero) is 1. The van der Waals surface area contributed by atoms with Gasteiger partial charge in [0.05, 0.1) is 16.0 Å². The zero-order chi connectivity index (χ0) is 16.4. The fourth-order valence-corrected chi connectivity index (χ4v) is 2.42. The Morgan fingerprint density at radius 2 is 1.82 bits per heavy atom. The SMILES string of the molecule is CC(=O)OC(C)OC(=O)C1C[C@@H]1C(=O)c1ccc(Cl)c(Cl)c1. The molecule has 1 saturated carbocycles. The molecule has 1 aromatic rings. The van der Waals surface area contributed by atoms with Crippen molar-refractivity contribution in [2.24, 2.45) is 11.8 Å². The molecule has 2 unspecified atom stereocenters. The van der Waals surface area contributed by atoms with Crippen molar-refractivity contribution in [3.8, 4) is 0 Å². The van der Waals surface area contributed by atoms with Crippen LogP contribution >= 0.6 is 23.2 Å². The standard InChI is InChI=1S/C15H14Cl2O5/c1-7(18)21-8(2)22-15(20)11-6-10(11)14(19)9-3-4-12(16)13(17)5-9/h3-5,8,10-11H,6H2,1-2H3/t8?,10-,11?/m0/s1. The van der Waals surface area contributed by atoms with Gasteiger partial charge in [-0.2, -0.15) is 0 Å². The van der Waals surface area contributed by atoms with Gasteiger partial charge in [0.2, 0.25) is 6.29 Å². The Labute approximate surface area is 137 Å². The molecule has 7 heteroatoms. The highest BCUT2D eigenvalue weighted by Gasteiger charge is 2.49. The molecular formula is C15H14Cl2O5. The number of hydrogen-bond donors (Lipinski definition) is 0. The zero-order valence-electron chi connectivity index (χ0n) is 12.0. The molecule has 22 heavy (non-hydrogen) atoms. The second kappa shape index (κ2) is 6.67. The zero-order valence-corrected chi connectivity index (χ0v) is 13.5. The van der Waals surface area contributed by atoms with E-state index in [-0.39, 0.29) is 10.8 Å². The van der Waals surface area contributed by atoms with Crippen LogP contribution in [-0.2, 0) is 19.1 Å². The van der Waals surface area contributed by atoms with Crippen LogP contribution in [0, 0.1) is 11.8 Å². The van der Waals surface area contributed by atoms with Crippen molar-refractivity contribution in [1.82, 2.24) is 0 Å². The summed E-state index contributed by atoms with van der Waals surface area (Å²) in [6.07, 6.45) is -0.559. The number of ketones is 1. The molecule has 2 rings (SSSR count). The molecule has 0 heterocycles. The van der Waals surface area contributed by atoms with E-state index in [1.165, 1.54) is 26.0 Å². The molecule has 0 spiro atoms. The smallest absolute Gasteiger partial charge is 0.312 e. The van der Waals surface area contributed by atoms with Crippen LogP contribution in [0.4, 0.5) is 0 Å². The molecule has 1 aliphatic rings. The summed E-state index contributed by atoms with van der Waals surface area (Å²) in [7, 11) is 0. The first-order valence-corrected chi connectivity index (χ1v) is 7.42. The summed E-state index contributed by atoms with van der Waals surface area (Å²) >= 11 is 11.7. The third-order valence-corrected chi connectivity index (χ3v) is 3.99. The highest BCUT2D eigenvalue weighted by Crippen LogP contribution is 2.42. The number of halogens is 2. The average molecular weight is 345 g/mol. The first-order valence-electron chi connectivity index (χ1n) is 6.66. The maximum Gasteiger partial charge on any atom is 0.312 e. The molecule has 0 saturated heterocycles. The minimum Gasteiger partial charge on any atom is -0.426 e. The van der Waals surface area contributed by atoms with Crippen LogP contribution < -0.4 is 0 Å². The Balaban J connectivity index is 1.93. The topological polar surface area (TPSA) is 69.7 Å². The van der Waals surface area contributed by atoms with Crippen LogP contribution in [0.3, 0.4) is 0 Å². The van der Waals surface area contributed by atoms with Crippen molar-refractivity contribution in [1.29, 1.82) is 0 Å². The lowest BCUT2D eigenvalue weighted by molar-refractivity contribution is -0.184. The Morgan fingerprint density at radius 1 is 1.14 bits per heavy atom. The van der Waals surface area contributed by atoms with Gasteiger partial charge >= 0.3 is 11.9 Å². The van der Waals surface area contributed by atoms with Gasteiger partial charge in [0.25, 0.3) is 0 Å². The van der Waals surface area contributed by atoms with Crippen LogP contribution in [0.1, 0.15) is 30.6 Å². The van der Waals surface area contributed by atoms with Gasteiger partial charge in [0.1, 0.15) is 0 Å². The fraction of sp³-hybridized carbons (Fsp3) is 0.400. The van der Waals surface area contributed by atoms with Gasteiger partial charge in [-0.05, 0) is 24.6 Å². The van der Waals surface area contributed by atoms with E-state index in [0.29, 0.717) is 17.0 Å². The van der Waals surface area contributed by atoms with Gasteiger partial charge in [0, 0.05) is 25.3 Å². The van der Waals surface area contributed by atoms with E-state index in [9.17, 15) is 14.4 Å². The number of benzene rings is 1. The second-order valence-corrected chi connectivity index (χ2v) is 5.87. The fourth-order valence-electron chi connectivity index (χ4n) is 2.12. The lowest BCUT2D eigenvalue weighted by atomic mass is 10.1. The van der Waals surface area contributed by atoms with Gasteiger partial charge in [-0.25, -0.2) is 0 Å². The molecule has 5 nitrogen and oxygen atoms in total. The Hall–Kier alpha value is -1.59. The van der Waals surface area contributed by atoms with Crippen molar-refractivity contribution >= 4 is 40.9 Å². The average Bonchev–Trinajstić information content (AvgIpc) is 3.20. The number of carbonyl (C=O) groups excluding carboxylic acids is 3. The summed E-state index contributed by atoms with van der Waals surface area (Å²) < 4.78 is 9.67. The summed E-state index contributed by atoms with van der Waals surface area (Å²) in [5, 5.41) is 0.649. The van der Waals surface area contributed by atoms with E-state index >= 15 is 0 Å². The number of esters is 2. The number of hydrogen-bond acceptors (Lipinski definition) is 5. The Morgan fingerprint density at radius 3 is 2.41 bits per heavy atom. The Bertz CT molecular complexity index is 628. The van der Waals surface area contributed by atoms with Crippen LogP contribution in [0.5, 0.6) is 0 Å². The Kier molecular flexibility index (Phi) is 5.08. The third-order valence-electron chi connectivity index (χ3n) is 3.25. The molecule has 1 aromatic carbocycles. The van der Waals surface area contributed by atoms with Crippen LogP contribution in [0.25, 0.3) is 0 Å². The first-order chi connectivity index (χ1) is 10.3. The van der Waals surface area contributed by atoms with Crippen molar-refractivity contribution in [2.45, 2.75) is 26.6 Å². The number of rotatable bonds is 5. The summed E-state index contributed by atoms with van der Waals surface area (Å²) in [4.78, 5) is 34.9. The van der Waals surface area contributed by atoms with Gasteiger partial charge in [-0.1, -0.05) is 23.2 Å². The molecule has 1 aliphatic carbocycles. The van der Waals surface area contributed by atoms with E-state index in [2.05, 4.69) is 0 Å². The van der Waals surface area contributed by atoms with Gasteiger partial charge in [-0.15, -0.1) is 0 Å². The molecule has 0 N–H and O–H groups in total. The van der Waals surface area contributed by atoms with Crippen molar-refractivity contribution < 1.29 is 23.9 Å². The van der Waals surface area contributed by atoms with Crippen molar-refractivity contribution in [2.75, 3.05) is 0 Å². The maximum absolute atomic E-state index is 12.3. The van der Waals surface area contributed by atoms with Crippen LogP contribution in [0.2, 0.25) is 10.0 Å². The molecule has 0 amide bonds. The number of ether oxygens (including phenoxy) is 2. The van der Waals surface area contributed by atoms with E-state index < -0.39 is 30.1 Å². The molecule has 1 fully saturated rings. The molecule has 3 atom stereocenters. The predicted octanol–water partition coefficient (Wildman–Crippen LogP) is 3.26. The molecule has 118 valence electrons. The number of carbonyl (C=O) groups is 3. The van der Waals surface area contributed by atoms with E-state index in [0.717, 1.165) is 0 Å². The predicted molar refractivity (Wildman–Crippen MR) is 79.7 cm³/mol. The van der Waals surface area contributed by atoms with Crippen molar-refractivity contribution in [3.05, 3.63) is 33.8 Å². The van der Waals surface area contributed by atoms with Gasteiger partial charge in [0.15, 0.2) is 5.78 Å². The highest BCUT2D eigenvalue weighted by molar-refractivity contribution is 6.42. The molecule has 0 bridgehead atoms. The lowest BCUT2D eigenvalue weighted by Crippen LogP contribution is -2.22. The summed E-state index contributed by atoms with van der Waals surface area (Å²) in [6.45, 7) is 2.66. The molecule has 0 aromatic heterocycles. The summed E-state index contributed by atoms with van der Waals surface area (Å²) in [6, 6.07) is 4.59. The van der Waals surface area contributed by atoms with E-state index in [1.807, 2.05) is 0 Å². The van der Waals surface area contributed by atoms with E-state index in [1.54, 1.807) is 6.07 Å². The highest BCUT2D eigenvalue weighted by atomic mass is 35.5. The summed E-state index contributed by atoms with van der Waals surface area (Å²) in [5.41, 5.74) is 0.405. The summed E-state index contributed by atoms with van der Waals surface area (Å²) in [5.74, 6) is -2.22. The first kappa shape index (κ1) is 16.8. The molecular weight excluding hydrogens is 331 g/mol. The normalized spacial score (nSPS) is 20.9. The van der Waals surface area contributed by atoms with E-state index in [4.69, 9.17) is 32.7 Å². The van der Waals surface area contributed by atoms with Gasteiger partial charge < -0.3 is 9.47 Å². The third kappa shape index (κ3) is 3.99. The minimum absolute atomic E-state index is 0.180. The maximum atomic E-state index is 12.3.